The first kappa shape index (κ1) is 20.2. The molecule has 1 saturated carbocycles. The smallest absolute Gasteiger partial charge is 0.161 e. The van der Waals surface area contributed by atoms with Gasteiger partial charge in [-0.25, -0.2) is 0 Å². The third-order valence-corrected chi connectivity index (χ3v) is 6.15. The number of aliphatic hydroxyl groups excluding tert-OH is 1. The van der Waals surface area contributed by atoms with Crippen molar-refractivity contribution in [2.45, 2.75) is 32.8 Å². The van der Waals surface area contributed by atoms with E-state index < -0.39 is 6.10 Å². The maximum atomic E-state index is 10.1. The molecule has 0 amide bonds. The average molecular weight is 376 g/mol. The number of nitrogens with one attached hydrogen (secondary N) is 1. The highest BCUT2D eigenvalue weighted by Crippen LogP contribution is 2.59. The predicted octanol–water partition coefficient (Wildman–Crippen LogP) is 3.03. The van der Waals surface area contributed by atoms with E-state index in [1.54, 1.807) is 7.11 Å². The second-order valence-electron chi connectivity index (χ2n) is 8.19. The first-order chi connectivity index (χ1) is 13.0. The molecule has 0 heterocycles. The molecule has 3 aliphatic rings. The number of methoxy groups -OCH3 is 1. The number of ether oxygens (including phenoxy) is 3. The van der Waals surface area contributed by atoms with E-state index in [1.807, 2.05) is 24.3 Å². The second-order valence-corrected chi connectivity index (χ2v) is 8.19. The Balaban J connectivity index is 1.26. The Bertz CT molecular complexity index is 643. The highest BCUT2D eigenvalue weighted by molar-refractivity contribution is 5.39. The van der Waals surface area contributed by atoms with Gasteiger partial charge in [-0.3, -0.25) is 0 Å². The molecule has 0 radical (unpaired) electrons. The summed E-state index contributed by atoms with van der Waals surface area (Å²) < 4.78 is 16.7. The number of hydrogen-bond donors (Lipinski definition) is 2. The topological polar surface area (TPSA) is 60.0 Å². The first-order valence-electron chi connectivity index (χ1n) is 9.93. The van der Waals surface area contributed by atoms with E-state index >= 15 is 0 Å². The van der Waals surface area contributed by atoms with Crippen molar-refractivity contribution < 1.29 is 19.3 Å². The van der Waals surface area contributed by atoms with Crippen LogP contribution < -0.4 is 14.8 Å². The molecule has 1 fully saturated rings. The fraction of sp³-hybridized carbons (Fsp3) is 0.636. The van der Waals surface area contributed by atoms with Gasteiger partial charge in [0, 0.05) is 13.1 Å². The van der Waals surface area contributed by atoms with Gasteiger partial charge in [0.25, 0.3) is 0 Å². The van der Waals surface area contributed by atoms with Crippen LogP contribution in [0.1, 0.15) is 26.7 Å². The van der Waals surface area contributed by atoms with E-state index in [-0.39, 0.29) is 0 Å². The summed E-state index contributed by atoms with van der Waals surface area (Å²) in [5, 5.41) is 13.3. The Morgan fingerprint density at radius 1 is 1.26 bits per heavy atom. The van der Waals surface area contributed by atoms with Crippen molar-refractivity contribution in [2.24, 2.45) is 17.3 Å². The lowest BCUT2D eigenvalue weighted by Crippen LogP contribution is -2.48. The fourth-order valence-corrected chi connectivity index (χ4v) is 4.25. The summed E-state index contributed by atoms with van der Waals surface area (Å²) in [7, 11) is 1.63. The molecule has 150 valence electrons. The quantitative estimate of drug-likeness (QED) is 0.460. The normalized spacial score (nSPS) is 23.9. The zero-order valence-corrected chi connectivity index (χ0v) is 16.7. The second kappa shape index (κ2) is 9.09. The molecule has 27 heavy (non-hydrogen) atoms. The van der Waals surface area contributed by atoms with Crippen LogP contribution >= 0.6 is 0 Å². The summed E-state index contributed by atoms with van der Waals surface area (Å²) in [6, 6.07) is 7.58. The third kappa shape index (κ3) is 4.84. The number of hydrogen-bond acceptors (Lipinski definition) is 5. The molecule has 0 aromatic heterocycles. The zero-order chi connectivity index (χ0) is 19.3. The van der Waals surface area contributed by atoms with Gasteiger partial charge in [-0.1, -0.05) is 32.1 Å². The van der Waals surface area contributed by atoms with Gasteiger partial charge in [-0.15, -0.1) is 0 Å². The van der Waals surface area contributed by atoms with Crippen molar-refractivity contribution in [3.8, 4) is 11.5 Å². The van der Waals surface area contributed by atoms with Gasteiger partial charge in [-0.05, 0) is 47.8 Å². The zero-order valence-electron chi connectivity index (χ0n) is 16.7. The number of rotatable bonds is 11. The van der Waals surface area contributed by atoms with Crippen LogP contribution in [0.25, 0.3) is 0 Å². The summed E-state index contributed by atoms with van der Waals surface area (Å²) >= 11 is 0. The van der Waals surface area contributed by atoms with Crippen LogP contribution in [0.5, 0.6) is 11.5 Å². The number of aliphatic hydroxyl groups is 1. The molecule has 4 rings (SSSR count). The Hall–Kier alpha value is -1.56. The van der Waals surface area contributed by atoms with Gasteiger partial charge in [0.15, 0.2) is 11.5 Å². The van der Waals surface area contributed by atoms with E-state index in [1.165, 1.54) is 18.4 Å². The molecule has 1 aromatic carbocycles. The number of allylic oxidation sites excluding steroid dienone is 1. The maximum Gasteiger partial charge on any atom is 0.161 e. The Labute approximate surface area is 162 Å². The van der Waals surface area contributed by atoms with Gasteiger partial charge in [-0.2, -0.15) is 0 Å². The molecule has 5 heteroatoms. The largest absolute Gasteiger partial charge is 0.493 e. The molecular formula is C22H33NO4. The van der Waals surface area contributed by atoms with E-state index in [4.69, 9.17) is 14.2 Å². The highest BCUT2D eigenvalue weighted by atomic mass is 16.5. The highest BCUT2D eigenvalue weighted by Gasteiger charge is 2.50. The third-order valence-electron chi connectivity index (χ3n) is 6.15. The predicted molar refractivity (Wildman–Crippen MR) is 106 cm³/mol. The Morgan fingerprint density at radius 3 is 2.74 bits per heavy atom. The van der Waals surface area contributed by atoms with E-state index in [2.05, 4.69) is 25.2 Å². The summed E-state index contributed by atoms with van der Waals surface area (Å²) in [4.78, 5) is 0. The maximum absolute atomic E-state index is 10.1. The summed E-state index contributed by atoms with van der Waals surface area (Å²) in [6.07, 6.45) is 4.32. The van der Waals surface area contributed by atoms with Crippen LogP contribution in [-0.2, 0) is 4.74 Å². The van der Waals surface area contributed by atoms with Crippen LogP contribution in [-0.4, -0.2) is 51.2 Å². The molecule has 2 bridgehead atoms. The van der Waals surface area contributed by atoms with Crippen molar-refractivity contribution in [3.63, 3.8) is 0 Å². The molecule has 5 nitrogen and oxygen atoms in total. The summed E-state index contributed by atoms with van der Waals surface area (Å²) in [5.74, 6) is 2.97. The summed E-state index contributed by atoms with van der Waals surface area (Å²) in [6.45, 7) is 7.39. The Kier molecular flexibility index (Phi) is 6.79. The molecule has 0 aliphatic heterocycles. The molecule has 0 saturated heterocycles. The SMILES string of the molecule is COc1ccccc1OCCNC[C@@H](O)COCC1=CC[C@@H]2C[C@@H]1C2(C)C. The minimum Gasteiger partial charge on any atom is -0.493 e. The number of fused-ring (bicyclic) bond motifs is 1. The average Bonchev–Trinajstić information content (AvgIpc) is 2.68. The monoisotopic (exact) mass is 375 g/mol. The molecular weight excluding hydrogens is 342 g/mol. The Morgan fingerprint density at radius 2 is 2.04 bits per heavy atom. The molecule has 3 aliphatic carbocycles. The van der Waals surface area contributed by atoms with Crippen molar-refractivity contribution >= 4 is 0 Å². The van der Waals surface area contributed by atoms with Crippen molar-refractivity contribution in [1.82, 2.24) is 5.32 Å². The first-order valence-corrected chi connectivity index (χ1v) is 9.93. The molecule has 3 atom stereocenters. The number of benzene rings is 1. The fourth-order valence-electron chi connectivity index (χ4n) is 4.25. The van der Waals surface area contributed by atoms with Crippen LogP contribution in [0.2, 0.25) is 0 Å². The lowest BCUT2D eigenvalue weighted by molar-refractivity contribution is -0.0235. The van der Waals surface area contributed by atoms with Crippen LogP contribution in [0.15, 0.2) is 35.9 Å². The minimum atomic E-state index is -0.511. The van der Waals surface area contributed by atoms with E-state index in [9.17, 15) is 5.11 Å². The minimum absolute atomic E-state index is 0.355. The van der Waals surface area contributed by atoms with Gasteiger partial charge in [0.2, 0.25) is 0 Å². The van der Waals surface area contributed by atoms with Gasteiger partial charge in [0.1, 0.15) is 6.61 Å². The molecule has 2 N–H and O–H groups in total. The van der Waals surface area contributed by atoms with Crippen LogP contribution in [0.4, 0.5) is 0 Å². The van der Waals surface area contributed by atoms with Gasteiger partial charge < -0.3 is 24.6 Å². The van der Waals surface area contributed by atoms with Crippen LogP contribution in [0, 0.1) is 17.3 Å². The van der Waals surface area contributed by atoms with Crippen LogP contribution in [0.3, 0.4) is 0 Å². The lowest BCUT2D eigenvalue weighted by Gasteiger charge is -2.56. The van der Waals surface area contributed by atoms with Gasteiger partial charge >= 0.3 is 0 Å². The molecule has 1 aromatic rings. The molecule has 0 unspecified atom stereocenters. The van der Waals surface area contributed by atoms with Gasteiger partial charge in [0.05, 0.1) is 26.4 Å². The van der Waals surface area contributed by atoms with Crippen molar-refractivity contribution in [1.29, 1.82) is 0 Å². The lowest BCUT2D eigenvalue weighted by atomic mass is 9.49. The van der Waals surface area contributed by atoms with Crippen molar-refractivity contribution in [3.05, 3.63) is 35.9 Å². The molecule has 0 spiro atoms. The number of para-hydroxylation sites is 2. The van der Waals surface area contributed by atoms with Crippen molar-refractivity contribution in [2.75, 3.05) is 40.0 Å². The standard InChI is InChI=1S/C22H33NO4/c1-22(2)17-9-8-16(19(22)12-17)14-26-15-18(24)13-23-10-11-27-21-7-5-4-6-20(21)25-3/h4-8,17-19,23-24H,9-15H2,1-3H3/t17-,18-,19+/m1/s1. The van der Waals surface area contributed by atoms with E-state index in [0.29, 0.717) is 44.2 Å². The summed E-state index contributed by atoms with van der Waals surface area (Å²) in [5.41, 5.74) is 1.85. The van der Waals surface area contributed by atoms with E-state index in [0.717, 1.165) is 17.4 Å².